The van der Waals surface area contributed by atoms with Gasteiger partial charge in [-0.2, -0.15) is 13.2 Å². The Labute approximate surface area is 193 Å². The van der Waals surface area contributed by atoms with Gasteiger partial charge in [-0.1, -0.05) is 13.0 Å². The predicted octanol–water partition coefficient (Wildman–Crippen LogP) is 5.25. The predicted molar refractivity (Wildman–Crippen MR) is 116 cm³/mol. The number of fused-ring (bicyclic) bond motifs is 1. The van der Waals surface area contributed by atoms with Gasteiger partial charge in [0.05, 0.1) is 23.3 Å². The summed E-state index contributed by atoms with van der Waals surface area (Å²) < 4.78 is 48.9. The van der Waals surface area contributed by atoms with E-state index in [1.54, 1.807) is 6.92 Å². The molecule has 0 spiro atoms. The zero-order chi connectivity index (χ0) is 24.3. The summed E-state index contributed by atoms with van der Waals surface area (Å²) in [6.07, 6.45) is -3.54. The summed E-state index contributed by atoms with van der Waals surface area (Å²) in [5, 5.41) is 2.95. The van der Waals surface area contributed by atoms with Crippen LogP contribution in [0.3, 0.4) is 0 Å². The first-order valence-electron chi connectivity index (χ1n) is 10.5. The smallest absolute Gasteiger partial charge is 0.416 e. The van der Waals surface area contributed by atoms with Crippen molar-refractivity contribution in [1.29, 1.82) is 0 Å². The summed E-state index contributed by atoms with van der Waals surface area (Å²) in [7, 11) is 0. The van der Waals surface area contributed by atoms with Gasteiger partial charge >= 0.3 is 18.1 Å². The van der Waals surface area contributed by atoms with Crippen LogP contribution >= 0.6 is 11.3 Å². The Hall–Kier alpha value is -2.88. The van der Waals surface area contributed by atoms with Crippen molar-refractivity contribution in [1.82, 2.24) is 0 Å². The second-order valence-corrected chi connectivity index (χ2v) is 9.00. The second-order valence-electron chi connectivity index (χ2n) is 7.89. The number of anilines is 1. The van der Waals surface area contributed by atoms with E-state index in [0.29, 0.717) is 29.0 Å². The SMILES string of the molecule is CCOC(=O)c1c(NC(=O)[C@H](C)OC(=O)c2cccc(C(F)(F)F)c2)sc2c1CC[C@H](C)C2. The molecule has 0 fully saturated rings. The van der Waals surface area contributed by atoms with E-state index in [-0.39, 0.29) is 12.2 Å². The van der Waals surface area contributed by atoms with Crippen molar-refractivity contribution < 1.29 is 37.0 Å². The molecule has 1 aromatic carbocycles. The van der Waals surface area contributed by atoms with E-state index in [0.717, 1.165) is 35.4 Å². The number of hydrogen-bond acceptors (Lipinski definition) is 6. The molecule has 3 rings (SSSR count). The van der Waals surface area contributed by atoms with Gasteiger partial charge in [0.15, 0.2) is 6.10 Å². The Bertz CT molecular complexity index is 1060. The lowest BCUT2D eigenvalue weighted by Gasteiger charge is -2.18. The van der Waals surface area contributed by atoms with Crippen LogP contribution in [0.5, 0.6) is 0 Å². The maximum absolute atomic E-state index is 12.9. The molecule has 33 heavy (non-hydrogen) atoms. The number of amides is 1. The van der Waals surface area contributed by atoms with Gasteiger partial charge in [-0.25, -0.2) is 9.59 Å². The Balaban J connectivity index is 1.76. The highest BCUT2D eigenvalue weighted by Gasteiger charge is 2.32. The minimum absolute atomic E-state index is 0.179. The number of esters is 2. The van der Waals surface area contributed by atoms with Gasteiger partial charge in [0.1, 0.15) is 5.00 Å². The number of carbonyl (C=O) groups excluding carboxylic acids is 3. The standard InChI is InChI=1S/C23H24F3NO5S/c1-4-31-22(30)18-16-9-8-12(2)10-17(16)33-20(18)27-19(28)13(3)32-21(29)14-6-5-7-15(11-14)23(24,25)26/h5-7,11-13H,4,8-10H2,1-3H3,(H,27,28)/t12-,13-/m0/s1. The number of alkyl halides is 3. The van der Waals surface area contributed by atoms with Gasteiger partial charge in [0.25, 0.3) is 5.91 Å². The summed E-state index contributed by atoms with van der Waals surface area (Å²) in [5.74, 6) is -1.85. The molecule has 1 aliphatic carbocycles. The van der Waals surface area contributed by atoms with Gasteiger partial charge in [-0.3, -0.25) is 4.79 Å². The van der Waals surface area contributed by atoms with Crippen molar-refractivity contribution in [3.8, 4) is 0 Å². The number of rotatable bonds is 6. The summed E-state index contributed by atoms with van der Waals surface area (Å²) in [5.41, 5.74) is -0.141. The van der Waals surface area contributed by atoms with E-state index < -0.39 is 35.7 Å². The van der Waals surface area contributed by atoms with Crippen LogP contribution in [0.25, 0.3) is 0 Å². The van der Waals surface area contributed by atoms with Crippen molar-refractivity contribution in [2.75, 3.05) is 11.9 Å². The van der Waals surface area contributed by atoms with Crippen LogP contribution < -0.4 is 5.32 Å². The summed E-state index contributed by atoms with van der Waals surface area (Å²) in [4.78, 5) is 38.6. The van der Waals surface area contributed by atoms with Crippen molar-refractivity contribution in [2.24, 2.45) is 5.92 Å². The molecule has 10 heteroatoms. The third-order valence-electron chi connectivity index (χ3n) is 5.31. The van der Waals surface area contributed by atoms with E-state index >= 15 is 0 Å². The first kappa shape index (κ1) is 24.8. The van der Waals surface area contributed by atoms with Crippen LogP contribution in [-0.2, 0) is 33.3 Å². The van der Waals surface area contributed by atoms with Crippen molar-refractivity contribution in [3.63, 3.8) is 0 Å². The topological polar surface area (TPSA) is 81.7 Å². The molecule has 1 N–H and O–H groups in total. The molecule has 1 amide bonds. The number of hydrogen-bond donors (Lipinski definition) is 1. The fraction of sp³-hybridized carbons (Fsp3) is 0.435. The van der Waals surface area contributed by atoms with Gasteiger partial charge in [0.2, 0.25) is 0 Å². The van der Waals surface area contributed by atoms with Crippen LogP contribution in [0, 0.1) is 5.92 Å². The minimum atomic E-state index is -4.61. The van der Waals surface area contributed by atoms with Gasteiger partial charge in [-0.15, -0.1) is 11.3 Å². The van der Waals surface area contributed by atoms with Crippen molar-refractivity contribution in [3.05, 3.63) is 51.4 Å². The molecule has 1 heterocycles. The maximum Gasteiger partial charge on any atom is 0.416 e. The highest BCUT2D eigenvalue weighted by atomic mass is 32.1. The Morgan fingerprint density at radius 1 is 1.24 bits per heavy atom. The highest BCUT2D eigenvalue weighted by Crippen LogP contribution is 2.40. The number of ether oxygens (including phenoxy) is 2. The Kier molecular flexibility index (Phi) is 7.46. The Morgan fingerprint density at radius 3 is 2.64 bits per heavy atom. The van der Waals surface area contributed by atoms with Crippen molar-refractivity contribution in [2.45, 2.75) is 52.3 Å². The number of benzene rings is 1. The largest absolute Gasteiger partial charge is 0.462 e. The van der Waals surface area contributed by atoms with Crippen LogP contribution in [0.2, 0.25) is 0 Å². The first-order valence-corrected chi connectivity index (χ1v) is 11.3. The average molecular weight is 484 g/mol. The van der Waals surface area contributed by atoms with Crippen LogP contribution in [0.15, 0.2) is 24.3 Å². The molecule has 1 aromatic heterocycles. The van der Waals surface area contributed by atoms with E-state index in [4.69, 9.17) is 9.47 Å². The molecular formula is C23H24F3NO5S. The number of thiophene rings is 1. The first-order chi connectivity index (χ1) is 15.5. The van der Waals surface area contributed by atoms with Gasteiger partial charge in [0, 0.05) is 4.88 Å². The molecule has 1 aliphatic rings. The van der Waals surface area contributed by atoms with Crippen LogP contribution in [0.1, 0.15) is 63.9 Å². The molecule has 178 valence electrons. The number of carbonyl (C=O) groups is 3. The van der Waals surface area contributed by atoms with Crippen LogP contribution in [0.4, 0.5) is 18.2 Å². The molecule has 0 saturated heterocycles. The van der Waals surface area contributed by atoms with Gasteiger partial charge < -0.3 is 14.8 Å². The molecular weight excluding hydrogens is 459 g/mol. The molecule has 6 nitrogen and oxygen atoms in total. The lowest BCUT2D eigenvalue weighted by Crippen LogP contribution is -2.30. The van der Waals surface area contributed by atoms with E-state index in [2.05, 4.69) is 12.2 Å². The van der Waals surface area contributed by atoms with E-state index in [9.17, 15) is 27.6 Å². The third-order valence-corrected chi connectivity index (χ3v) is 6.48. The monoisotopic (exact) mass is 483 g/mol. The average Bonchev–Trinajstić information content (AvgIpc) is 3.10. The second kappa shape index (κ2) is 9.94. The van der Waals surface area contributed by atoms with Crippen LogP contribution in [-0.4, -0.2) is 30.6 Å². The summed E-state index contributed by atoms with van der Waals surface area (Å²) in [6, 6.07) is 3.77. The Morgan fingerprint density at radius 2 is 1.97 bits per heavy atom. The molecule has 2 aromatic rings. The minimum Gasteiger partial charge on any atom is -0.462 e. The lowest BCUT2D eigenvalue weighted by atomic mass is 9.88. The molecule has 0 radical (unpaired) electrons. The number of nitrogens with one attached hydrogen (secondary N) is 1. The van der Waals surface area contributed by atoms with Gasteiger partial charge in [-0.05, 0) is 62.8 Å². The molecule has 0 bridgehead atoms. The third kappa shape index (κ3) is 5.73. The summed E-state index contributed by atoms with van der Waals surface area (Å²) in [6.45, 7) is 5.28. The van der Waals surface area contributed by atoms with E-state index in [1.807, 2.05) is 0 Å². The zero-order valence-corrected chi connectivity index (χ0v) is 19.2. The fourth-order valence-corrected chi connectivity index (χ4v) is 4.98. The molecule has 2 atom stereocenters. The molecule has 0 unspecified atom stereocenters. The normalized spacial score (nSPS) is 16.5. The van der Waals surface area contributed by atoms with E-state index in [1.165, 1.54) is 24.3 Å². The molecule has 0 saturated carbocycles. The lowest BCUT2D eigenvalue weighted by molar-refractivity contribution is -0.137. The molecule has 0 aliphatic heterocycles. The summed E-state index contributed by atoms with van der Waals surface area (Å²) >= 11 is 1.29. The highest BCUT2D eigenvalue weighted by molar-refractivity contribution is 7.17. The maximum atomic E-state index is 12.9. The van der Waals surface area contributed by atoms with Crippen molar-refractivity contribution >= 4 is 34.2 Å². The quantitative estimate of drug-likeness (QED) is 0.568. The number of halogens is 3. The zero-order valence-electron chi connectivity index (χ0n) is 18.4. The fourth-order valence-electron chi connectivity index (χ4n) is 3.58.